The fraction of sp³-hybridized carbons (Fsp3) is 0.148. The number of anilines is 1. The first-order valence-electron chi connectivity index (χ1n) is 10.7. The van der Waals surface area contributed by atoms with Crippen LogP contribution in [0.1, 0.15) is 22.3 Å². The number of carbonyl (C=O) groups is 3. The molecule has 1 aliphatic rings. The van der Waals surface area contributed by atoms with Gasteiger partial charge in [0.15, 0.2) is 0 Å². The lowest BCUT2D eigenvalue weighted by atomic mass is 10.1. The van der Waals surface area contributed by atoms with Crippen molar-refractivity contribution in [2.45, 2.75) is 20.5 Å². The summed E-state index contributed by atoms with van der Waals surface area (Å²) in [6.45, 7) is 4.20. The number of urea groups is 1. The van der Waals surface area contributed by atoms with E-state index in [0.717, 1.165) is 21.6 Å². The molecule has 0 aromatic heterocycles. The Balaban J connectivity index is 1.67. The number of aryl methyl sites for hydroxylation is 2. The average Bonchev–Trinajstić information content (AvgIpc) is 2.83. The van der Waals surface area contributed by atoms with Crippen LogP contribution in [0.4, 0.5) is 10.5 Å². The first-order chi connectivity index (χ1) is 16.4. The Labute approximate surface area is 197 Å². The number of nitrogens with one attached hydrogen (secondary N) is 1. The molecule has 0 saturated carbocycles. The van der Waals surface area contributed by atoms with Crippen LogP contribution in [0.25, 0.3) is 6.08 Å². The SMILES string of the molecule is COc1ccc(/C=C2\C(=O)NC(=O)N(c3ccc(C)cc3)C2=O)c(OCc2ccc(C)cc2)c1. The Bertz CT molecular complexity index is 1280. The zero-order valence-electron chi connectivity index (χ0n) is 19.1. The fourth-order valence-corrected chi connectivity index (χ4v) is 3.47. The van der Waals surface area contributed by atoms with Crippen molar-refractivity contribution in [3.05, 3.63) is 94.6 Å². The van der Waals surface area contributed by atoms with E-state index < -0.39 is 17.8 Å². The van der Waals surface area contributed by atoms with Crippen molar-refractivity contribution in [2.75, 3.05) is 12.0 Å². The predicted octanol–water partition coefficient (Wildman–Crippen LogP) is 4.56. The van der Waals surface area contributed by atoms with Gasteiger partial charge in [-0.2, -0.15) is 0 Å². The van der Waals surface area contributed by atoms with E-state index in [2.05, 4.69) is 5.32 Å². The van der Waals surface area contributed by atoms with Crippen LogP contribution in [-0.4, -0.2) is 25.0 Å². The van der Waals surface area contributed by atoms with Crippen LogP contribution in [-0.2, 0) is 16.2 Å². The summed E-state index contributed by atoms with van der Waals surface area (Å²) in [5, 5.41) is 2.24. The predicted molar refractivity (Wildman–Crippen MR) is 129 cm³/mol. The van der Waals surface area contributed by atoms with Gasteiger partial charge in [0.05, 0.1) is 12.8 Å². The number of carbonyl (C=O) groups excluding carboxylic acids is 3. The van der Waals surface area contributed by atoms with Gasteiger partial charge in [0, 0.05) is 11.6 Å². The fourth-order valence-electron chi connectivity index (χ4n) is 3.47. The zero-order chi connectivity index (χ0) is 24.2. The summed E-state index contributed by atoms with van der Waals surface area (Å²) in [6, 6.07) is 19.1. The van der Waals surface area contributed by atoms with Gasteiger partial charge in [-0.25, -0.2) is 9.69 Å². The van der Waals surface area contributed by atoms with Gasteiger partial charge in [-0.1, -0.05) is 47.5 Å². The lowest BCUT2D eigenvalue weighted by Crippen LogP contribution is -2.54. The van der Waals surface area contributed by atoms with Crippen LogP contribution in [0.5, 0.6) is 11.5 Å². The molecule has 7 heteroatoms. The van der Waals surface area contributed by atoms with Gasteiger partial charge in [0.2, 0.25) is 0 Å². The highest BCUT2D eigenvalue weighted by molar-refractivity contribution is 6.39. The highest BCUT2D eigenvalue weighted by Gasteiger charge is 2.37. The molecular weight excluding hydrogens is 432 g/mol. The second-order valence-corrected chi connectivity index (χ2v) is 7.97. The average molecular weight is 456 g/mol. The van der Waals surface area contributed by atoms with Crippen LogP contribution in [0.2, 0.25) is 0 Å². The number of barbiturate groups is 1. The number of nitrogens with zero attached hydrogens (tertiary/aromatic N) is 1. The summed E-state index contributed by atoms with van der Waals surface area (Å²) in [7, 11) is 1.54. The molecular formula is C27H24N2O5. The lowest BCUT2D eigenvalue weighted by molar-refractivity contribution is -0.122. The second-order valence-electron chi connectivity index (χ2n) is 7.97. The molecule has 1 aliphatic heterocycles. The number of hydrogen-bond acceptors (Lipinski definition) is 5. The molecule has 172 valence electrons. The molecule has 0 unspecified atom stereocenters. The largest absolute Gasteiger partial charge is 0.497 e. The summed E-state index contributed by atoms with van der Waals surface area (Å²) in [6.07, 6.45) is 1.43. The normalized spacial score (nSPS) is 14.9. The van der Waals surface area contributed by atoms with Crippen molar-refractivity contribution in [2.24, 2.45) is 0 Å². The van der Waals surface area contributed by atoms with Crippen molar-refractivity contribution in [3.8, 4) is 11.5 Å². The number of ether oxygens (including phenoxy) is 2. The summed E-state index contributed by atoms with van der Waals surface area (Å²) in [4.78, 5) is 39.2. The first-order valence-corrected chi connectivity index (χ1v) is 10.7. The summed E-state index contributed by atoms with van der Waals surface area (Å²) < 4.78 is 11.3. The van der Waals surface area contributed by atoms with Gasteiger partial charge in [0.1, 0.15) is 23.7 Å². The van der Waals surface area contributed by atoms with Gasteiger partial charge in [-0.05, 0) is 49.8 Å². The Hall–Kier alpha value is -4.39. The molecule has 0 aliphatic carbocycles. The van der Waals surface area contributed by atoms with E-state index in [-0.39, 0.29) is 12.2 Å². The minimum absolute atomic E-state index is 0.175. The molecule has 1 N–H and O–H groups in total. The Morgan fingerprint density at radius 1 is 0.882 bits per heavy atom. The van der Waals surface area contributed by atoms with Gasteiger partial charge in [0.25, 0.3) is 11.8 Å². The minimum atomic E-state index is -0.790. The quantitative estimate of drug-likeness (QED) is 0.434. The standard InChI is InChI=1S/C27H24N2O5/c1-17-4-8-19(9-5-17)16-34-24-15-22(33-3)13-10-20(24)14-23-25(30)28-27(32)29(26(23)31)21-11-6-18(2)7-12-21/h4-15H,16H2,1-3H3,(H,28,30,32)/b23-14+. The number of methoxy groups -OCH3 is 1. The molecule has 34 heavy (non-hydrogen) atoms. The van der Waals surface area contributed by atoms with E-state index in [1.165, 1.54) is 6.08 Å². The van der Waals surface area contributed by atoms with Crippen LogP contribution in [0.15, 0.2) is 72.3 Å². The van der Waals surface area contributed by atoms with Crippen LogP contribution in [0, 0.1) is 13.8 Å². The van der Waals surface area contributed by atoms with Crippen molar-refractivity contribution in [1.82, 2.24) is 5.32 Å². The third-order valence-electron chi connectivity index (χ3n) is 5.43. The zero-order valence-corrected chi connectivity index (χ0v) is 19.1. The summed E-state index contributed by atoms with van der Waals surface area (Å²) in [5.41, 5.74) is 3.79. The highest BCUT2D eigenvalue weighted by atomic mass is 16.5. The number of hydrogen-bond donors (Lipinski definition) is 1. The number of benzene rings is 3. The minimum Gasteiger partial charge on any atom is -0.497 e. The summed E-state index contributed by atoms with van der Waals surface area (Å²) >= 11 is 0. The van der Waals surface area contributed by atoms with Gasteiger partial charge >= 0.3 is 6.03 Å². The lowest BCUT2D eigenvalue weighted by Gasteiger charge is -2.26. The van der Waals surface area contributed by atoms with Crippen molar-refractivity contribution < 1.29 is 23.9 Å². The first kappa shape index (κ1) is 22.8. The molecule has 7 nitrogen and oxygen atoms in total. The van der Waals surface area contributed by atoms with E-state index in [1.54, 1.807) is 49.6 Å². The number of rotatable bonds is 6. The number of imide groups is 2. The molecule has 0 radical (unpaired) electrons. The van der Waals surface area contributed by atoms with Crippen molar-refractivity contribution in [1.29, 1.82) is 0 Å². The maximum Gasteiger partial charge on any atom is 0.335 e. The van der Waals surface area contributed by atoms with E-state index in [9.17, 15) is 14.4 Å². The molecule has 3 aromatic rings. The molecule has 1 saturated heterocycles. The smallest absolute Gasteiger partial charge is 0.335 e. The van der Waals surface area contributed by atoms with Gasteiger partial charge < -0.3 is 9.47 Å². The highest BCUT2D eigenvalue weighted by Crippen LogP contribution is 2.29. The Morgan fingerprint density at radius 3 is 2.18 bits per heavy atom. The molecule has 3 aromatic carbocycles. The molecule has 4 amide bonds. The van der Waals surface area contributed by atoms with Crippen LogP contribution < -0.4 is 19.7 Å². The maximum atomic E-state index is 13.2. The molecule has 1 fully saturated rings. The van der Waals surface area contributed by atoms with Gasteiger partial charge in [-0.15, -0.1) is 0 Å². The molecule has 0 spiro atoms. The Kier molecular flexibility index (Phi) is 6.45. The van der Waals surface area contributed by atoms with Gasteiger partial charge in [-0.3, -0.25) is 14.9 Å². The van der Waals surface area contributed by atoms with E-state index in [0.29, 0.717) is 22.7 Å². The van der Waals surface area contributed by atoms with Crippen LogP contribution >= 0.6 is 0 Å². The van der Waals surface area contributed by atoms with Crippen molar-refractivity contribution in [3.63, 3.8) is 0 Å². The van der Waals surface area contributed by atoms with E-state index in [4.69, 9.17) is 9.47 Å². The monoisotopic (exact) mass is 456 g/mol. The third-order valence-corrected chi connectivity index (χ3v) is 5.43. The number of amides is 4. The Morgan fingerprint density at radius 2 is 1.53 bits per heavy atom. The summed E-state index contributed by atoms with van der Waals surface area (Å²) in [5.74, 6) is -0.472. The molecule has 4 rings (SSSR count). The molecule has 0 atom stereocenters. The van der Waals surface area contributed by atoms with E-state index in [1.807, 2.05) is 38.1 Å². The third kappa shape index (κ3) is 4.83. The van der Waals surface area contributed by atoms with Crippen LogP contribution in [0.3, 0.4) is 0 Å². The van der Waals surface area contributed by atoms with E-state index >= 15 is 0 Å². The molecule has 0 bridgehead atoms. The molecule has 1 heterocycles. The maximum absolute atomic E-state index is 13.2. The second kappa shape index (κ2) is 9.62. The van der Waals surface area contributed by atoms with Crippen molar-refractivity contribution >= 4 is 29.6 Å². The topological polar surface area (TPSA) is 84.9 Å².